The third-order valence-electron chi connectivity index (χ3n) is 2.88. The van der Waals surface area contributed by atoms with E-state index < -0.39 is 11.6 Å². The number of halogens is 3. The van der Waals surface area contributed by atoms with Crippen LogP contribution in [-0.4, -0.2) is 5.78 Å². The van der Waals surface area contributed by atoms with Gasteiger partial charge in [-0.1, -0.05) is 23.2 Å². The number of hydrogen-bond donors (Lipinski definition) is 0. The molecule has 0 fully saturated rings. The fourth-order valence-electron chi connectivity index (χ4n) is 1.91. The average Bonchev–Trinajstić information content (AvgIpc) is 2.84. The highest BCUT2D eigenvalue weighted by molar-refractivity contribution is 6.31. The predicted molar refractivity (Wildman–Crippen MR) is 76.1 cm³/mol. The molecule has 0 aliphatic heterocycles. The quantitative estimate of drug-likeness (QED) is 0.616. The third-order valence-corrected chi connectivity index (χ3v) is 3.43. The Morgan fingerprint density at radius 3 is 2.60 bits per heavy atom. The van der Waals surface area contributed by atoms with Gasteiger partial charge in [-0.15, -0.1) is 0 Å². The zero-order chi connectivity index (χ0) is 14.3. The minimum absolute atomic E-state index is 0.0297. The monoisotopic (exact) mass is 308 g/mol. The fourth-order valence-corrected chi connectivity index (χ4v) is 2.20. The molecule has 1 aromatic heterocycles. The second-order valence-electron chi connectivity index (χ2n) is 4.25. The number of fused-ring (bicyclic) bond motifs is 1. The van der Waals surface area contributed by atoms with Gasteiger partial charge in [-0.3, -0.25) is 4.79 Å². The van der Waals surface area contributed by atoms with Gasteiger partial charge >= 0.3 is 0 Å². The van der Waals surface area contributed by atoms with Crippen LogP contribution in [0.1, 0.15) is 16.1 Å². The number of carbonyl (C=O) groups is 1. The van der Waals surface area contributed by atoms with Crippen LogP contribution in [0.3, 0.4) is 0 Å². The number of ketones is 1. The number of hydrogen-bond acceptors (Lipinski definition) is 2. The first-order chi connectivity index (χ1) is 9.54. The first-order valence-corrected chi connectivity index (χ1v) is 6.49. The molecule has 2 aromatic carbocycles. The van der Waals surface area contributed by atoms with Crippen molar-refractivity contribution < 1.29 is 13.6 Å². The van der Waals surface area contributed by atoms with Gasteiger partial charge in [-0.25, -0.2) is 4.39 Å². The molecule has 0 atom stereocenters. The van der Waals surface area contributed by atoms with E-state index in [0.29, 0.717) is 10.6 Å². The molecule has 100 valence electrons. The highest BCUT2D eigenvalue weighted by atomic mass is 35.5. The van der Waals surface area contributed by atoms with Crippen LogP contribution in [-0.2, 0) is 0 Å². The molecule has 0 saturated heterocycles. The number of rotatable bonds is 2. The maximum absolute atomic E-state index is 13.4. The maximum atomic E-state index is 13.4. The van der Waals surface area contributed by atoms with Gasteiger partial charge in [0.2, 0.25) is 5.78 Å². The van der Waals surface area contributed by atoms with Gasteiger partial charge in [0, 0.05) is 16.0 Å². The van der Waals surface area contributed by atoms with Crippen LogP contribution in [0.4, 0.5) is 4.39 Å². The van der Waals surface area contributed by atoms with Crippen molar-refractivity contribution >= 4 is 40.0 Å². The summed E-state index contributed by atoms with van der Waals surface area (Å²) in [5, 5.41) is 1.24. The van der Waals surface area contributed by atoms with Gasteiger partial charge in [0.1, 0.15) is 11.4 Å². The Balaban J connectivity index is 2.05. The van der Waals surface area contributed by atoms with Crippen molar-refractivity contribution in [1.82, 2.24) is 0 Å². The van der Waals surface area contributed by atoms with Gasteiger partial charge in [0.25, 0.3) is 0 Å². The summed E-state index contributed by atoms with van der Waals surface area (Å²) in [5.41, 5.74) is 0.726. The van der Waals surface area contributed by atoms with Crippen molar-refractivity contribution in [3.05, 3.63) is 69.7 Å². The molecule has 0 radical (unpaired) electrons. The van der Waals surface area contributed by atoms with E-state index in [1.54, 1.807) is 24.3 Å². The van der Waals surface area contributed by atoms with Crippen molar-refractivity contribution in [1.29, 1.82) is 0 Å². The molecule has 0 N–H and O–H groups in total. The van der Waals surface area contributed by atoms with Crippen LogP contribution in [0.5, 0.6) is 0 Å². The summed E-state index contributed by atoms with van der Waals surface area (Å²) in [6.45, 7) is 0. The minimum atomic E-state index is -0.642. The lowest BCUT2D eigenvalue weighted by Gasteiger charge is -1.99. The van der Waals surface area contributed by atoms with Crippen molar-refractivity contribution in [3.8, 4) is 0 Å². The summed E-state index contributed by atoms with van der Waals surface area (Å²) in [6.07, 6.45) is 0. The molecule has 2 nitrogen and oxygen atoms in total. The lowest BCUT2D eigenvalue weighted by atomic mass is 10.1. The van der Waals surface area contributed by atoms with E-state index in [2.05, 4.69) is 0 Å². The molecule has 5 heteroatoms. The molecular formula is C15H7Cl2FO2. The molecule has 0 aliphatic carbocycles. The molecule has 0 bridgehead atoms. The normalized spacial score (nSPS) is 10.9. The zero-order valence-corrected chi connectivity index (χ0v) is 11.5. The smallest absolute Gasteiger partial charge is 0.228 e. The molecule has 1 heterocycles. The summed E-state index contributed by atoms with van der Waals surface area (Å²) >= 11 is 11.5. The molecule has 0 saturated carbocycles. The van der Waals surface area contributed by atoms with E-state index in [1.807, 2.05) is 0 Å². The summed E-state index contributed by atoms with van der Waals surface area (Å²) in [4.78, 5) is 12.2. The van der Waals surface area contributed by atoms with Gasteiger partial charge in [0.15, 0.2) is 5.76 Å². The highest BCUT2D eigenvalue weighted by Gasteiger charge is 2.16. The Kier molecular flexibility index (Phi) is 3.24. The predicted octanol–water partition coefficient (Wildman–Crippen LogP) is 5.11. The van der Waals surface area contributed by atoms with Crippen LogP contribution in [0.2, 0.25) is 10.0 Å². The Morgan fingerprint density at radius 1 is 1.05 bits per heavy atom. The minimum Gasteiger partial charge on any atom is -0.453 e. The van der Waals surface area contributed by atoms with Gasteiger partial charge < -0.3 is 4.42 Å². The molecule has 0 spiro atoms. The van der Waals surface area contributed by atoms with E-state index in [1.165, 1.54) is 12.1 Å². The molecule has 0 aliphatic rings. The van der Waals surface area contributed by atoms with Crippen LogP contribution < -0.4 is 0 Å². The summed E-state index contributed by atoms with van der Waals surface area (Å²) in [5.74, 6) is -0.923. The molecule has 3 rings (SSSR count). The maximum Gasteiger partial charge on any atom is 0.228 e. The Hall–Kier alpha value is -1.84. The second kappa shape index (κ2) is 4.93. The topological polar surface area (TPSA) is 30.2 Å². The summed E-state index contributed by atoms with van der Waals surface area (Å²) in [6, 6.07) is 10.5. The van der Waals surface area contributed by atoms with Crippen LogP contribution in [0.25, 0.3) is 11.0 Å². The summed E-state index contributed by atoms with van der Waals surface area (Å²) < 4.78 is 18.8. The summed E-state index contributed by atoms with van der Waals surface area (Å²) in [7, 11) is 0. The lowest BCUT2D eigenvalue weighted by Crippen LogP contribution is -2.00. The molecule has 0 amide bonds. The van der Waals surface area contributed by atoms with Crippen molar-refractivity contribution in [3.63, 3.8) is 0 Å². The van der Waals surface area contributed by atoms with Crippen molar-refractivity contribution in [2.45, 2.75) is 0 Å². The largest absolute Gasteiger partial charge is 0.453 e. The van der Waals surface area contributed by atoms with Gasteiger partial charge in [0.05, 0.1) is 5.02 Å². The molecular weight excluding hydrogens is 302 g/mol. The molecule has 20 heavy (non-hydrogen) atoms. The number of furan rings is 1. The Morgan fingerprint density at radius 2 is 1.85 bits per heavy atom. The standard InChI is InChI=1S/C15H7Cl2FO2/c16-10-2-4-13-9(5-10)7-14(20-13)15(19)8-1-3-11(17)12(18)6-8/h1-7H. The van der Waals surface area contributed by atoms with E-state index >= 15 is 0 Å². The second-order valence-corrected chi connectivity index (χ2v) is 5.09. The molecule has 3 aromatic rings. The first kappa shape index (κ1) is 13.2. The lowest BCUT2D eigenvalue weighted by molar-refractivity contribution is 0.101. The zero-order valence-electron chi connectivity index (χ0n) is 9.99. The third kappa shape index (κ3) is 2.30. The van der Waals surface area contributed by atoms with Crippen molar-refractivity contribution in [2.24, 2.45) is 0 Å². The SMILES string of the molecule is O=C(c1ccc(Cl)c(F)c1)c1cc2cc(Cl)ccc2o1. The Labute approximate surface area is 123 Å². The van der Waals surface area contributed by atoms with E-state index in [-0.39, 0.29) is 16.3 Å². The van der Waals surface area contributed by atoms with Crippen LogP contribution in [0.15, 0.2) is 46.9 Å². The van der Waals surface area contributed by atoms with Crippen molar-refractivity contribution in [2.75, 3.05) is 0 Å². The first-order valence-electron chi connectivity index (χ1n) is 5.73. The fraction of sp³-hybridized carbons (Fsp3) is 0. The van der Waals surface area contributed by atoms with Crippen LogP contribution >= 0.6 is 23.2 Å². The number of benzene rings is 2. The molecule has 0 unspecified atom stereocenters. The van der Waals surface area contributed by atoms with E-state index in [4.69, 9.17) is 27.6 Å². The Bertz CT molecular complexity index is 824. The van der Waals surface area contributed by atoms with Crippen LogP contribution in [0, 0.1) is 5.82 Å². The van der Waals surface area contributed by atoms with E-state index in [9.17, 15) is 9.18 Å². The van der Waals surface area contributed by atoms with Gasteiger partial charge in [-0.2, -0.15) is 0 Å². The van der Waals surface area contributed by atoms with Gasteiger partial charge in [-0.05, 0) is 42.5 Å². The van der Waals surface area contributed by atoms with E-state index in [0.717, 1.165) is 11.5 Å². The highest BCUT2D eigenvalue weighted by Crippen LogP contribution is 2.25. The number of carbonyl (C=O) groups excluding carboxylic acids is 1. The average molecular weight is 309 g/mol.